The first-order chi connectivity index (χ1) is 9.40. The summed E-state index contributed by atoms with van der Waals surface area (Å²) in [5, 5.41) is 3.40. The second-order valence-corrected chi connectivity index (χ2v) is 6.40. The van der Waals surface area contributed by atoms with Crippen LogP contribution in [0.25, 0.3) is 0 Å². The van der Waals surface area contributed by atoms with Gasteiger partial charge in [0.25, 0.3) is 0 Å². The summed E-state index contributed by atoms with van der Waals surface area (Å²) in [5.74, 6) is 1.12. The molecule has 0 aromatic heterocycles. The van der Waals surface area contributed by atoms with Gasteiger partial charge in [0.2, 0.25) is 0 Å². The van der Waals surface area contributed by atoms with Gasteiger partial charge in [-0.2, -0.15) is 0 Å². The Morgan fingerprint density at radius 2 is 1.85 bits per heavy atom. The van der Waals surface area contributed by atoms with Crippen molar-refractivity contribution in [1.29, 1.82) is 0 Å². The Morgan fingerprint density at radius 3 is 2.45 bits per heavy atom. The first kappa shape index (κ1) is 17.0. The van der Waals surface area contributed by atoms with Crippen molar-refractivity contribution in [2.24, 2.45) is 11.8 Å². The fraction of sp³-hybridized carbons (Fsp3) is 0.647. The van der Waals surface area contributed by atoms with E-state index in [1.54, 1.807) is 12.1 Å². The molecule has 1 N–H and O–H groups in total. The summed E-state index contributed by atoms with van der Waals surface area (Å²) in [6.07, 6.45) is 1.15. The fourth-order valence-electron chi connectivity index (χ4n) is 2.14. The zero-order chi connectivity index (χ0) is 15.1. The highest BCUT2D eigenvalue weighted by molar-refractivity contribution is 5.53. The van der Waals surface area contributed by atoms with Crippen LogP contribution in [0.5, 0.6) is 0 Å². The van der Waals surface area contributed by atoms with E-state index in [0.717, 1.165) is 37.3 Å². The smallest absolute Gasteiger partial charge is 0.123 e. The lowest BCUT2D eigenvalue weighted by molar-refractivity contribution is 0.548. The first-order valence-corrected chi connectivity index (χ1v) is 7.60. The Hall–Kier alpha value is -1.09. The second-order valence-electron chi connectivity index (χ2n) is 6.40. The topological polar surface area (TPSA) is 15.3 Å². The molecule has 0 aliphatic rings. The van der Waals surface area contributed by atoms with E-state index in [4.69, 9.17) is 0 Å². The summed E-state index contributed by atoms with van der Waals surface area (Å²) in [6.45, 7) is 11.5. The number of benzene rings is 1. The summed E-state index contributed by atoms with van der Waals surface area (Å²) < 4.78 is 13.5. The van der Waals surface area contributed by atoms with Crippen LogP contribution in [0.3, 0.4) is 0 Å². The lowest BCUT2D eigenvalue weighted by Crippen LogP contribution is -2.24. The van der Waals surface area contributed by atoms with Gasteiger partial charge in [0.1, 0.15) is 5.82 Å². The monoisotopic (exact) mass is 280 g/mol. The Bertz CT molecular complexity index is 402. The van der Waals surface area contributed by atoms with Gasteiger partial charge in [-0.3, -0.25) is 0 Å². The number of hydrogen-bond acceptors (Lipinski definition) is 2. The maximum Gasteiger partial charge on any atom is 0.123 e. The van der Waals surface area contributed by atoms with E-state index in [-0.39, 0.29) is 5.82 Å². The van der Waals surface area contributed by atoms with Gasteiger partial charge in [0, 0.05) is 25.8 Å². The molecule has 2 nitrogen and oxygen atoms in total. The molecule has 0 saturated heterocycles. The summed E-state index contributed by atoms with van der Waals surface area (Å²) in [4.78, 5) is 2.23. The molecule has 0 heterocycles. The summed E-state index contributed by atoms with van der Waals surface area (Å²) in [6, 6.07) is 5.09. The van der Waals surface area contributed by atoms with Gasteiger partial charge < -0.3 is 10.2 Å². The van der Waals surface area contributed by atoms with E-state index in [0.29, 0.717) is 11.8 Å². The molecule has 1 aromatic carbocycles. The summed E-state index contributed by atoms with van der Waals surface area (Å²) in [5.41, 5.74) is 2.17. The Labute approximate surface area is 123 Å². The van der Waals surface area contributed by atoms with Gasteiger partial charge in [-0.1, -0.05) is 27.7 Å². The van der Waals surface area contributed by atoms with Crippen molar-refractivity contribution in [1.82, 2.24) is 5.32 Å². The Kier molecular flexibility index (Phi) is 7.00. The number of nitrogens with zero attached hydrogens (tertiary/aromatic N) is 1. The van der Waals surface area contributed by atoms with Crippen LogP contribution >= 0.6 is 0 Å². The highest BCUT2D eigenvalue weighted by atomic mass is 19.1. The van der Waals surface area contributed by atoms with Gasteiger partial charge >= 0.3 is 0 Å². The van der Waals surface area contributed by atoms with Gasteiger partial charge in [0.15, 0.2) is 0 Å². The molecule has 1 rings (SSSR count). The highest BCUT2D eigenvalue weighted by Crippen LogP contribution is 2.21. The quantitative estimate of drug-likeness (QED) is 0.772. The van der Waals surface area contributed by atoms with Gasteiger partial charge in [-0.05, 0) is 48.6 Å². The molecule has 0 radical (unpaired) electrons. The molecule has 0 atom stereocenters. The molecule has 0 spiro atoms. The predicted molar refractivity (Wildman–Crippen MR) is 85.7 cm³/mol. The molecule has 114 valence electrons. The minimum absolute atomic E-state index is 0.160. The zero-order valence-corrected chi connectivity index (χ0v) is 13.5. The third-order valence-electron chi connectivity index (χ3n) is 3.36. The molecular weight excluding hydrogens is 251 g/mol. The van der Waals surface area contributed by atoms with Gasteiger partial charge in [-0.15, -0.1) is 0 Å². The van der Waals surface area contributed by atoms with E-state index in [9.17, 15) is 4.39 Å². The maximum absolute atomic E-state index is 13.5. The Morgan fingerprint density at radius 1 is 1.15 bits per heavy atom. The van der Waals surface area contributed by atoms with Crippen LogP contribution < -0.4 is 10.2 Å². The molecular formula is C17H29FN2. The van der Waals surface area contributed by atoms with E-state index < -0.39 is 0 Å². The highest BCUT2D eigenvalue weighted by Gasteiger charge is 2.09. The fourth-order valence-corrected chi connectivity index (χ4v) is 2.14. The minimum atomic E-state index is -0.160. The van der Waals surface area contributed by atoms with Gasteiger partial charge in [0.05, 0.1) is 0 Å². The number of anilines is 1. The molecule has 0 fully saturated rings. The van der Waals surface area contributed by atoms with Crippen LogP contribution in [0.4, 0.5) is 10.1 Å². The van der Waals surface area contributed by atoms with Crippen molar-refractivity contribution in [2.45, 2.75) is 40.7 Å². The molecule has 0 aliphatic carbocycles. The van der Waals surface area contributed by atoms with E-state index in [1.165, 1.54) is 0 Å². The normalized spacial score (nSPS) is 11.4. The van der Waals surface area contributed by atoms with Crippen molar-refractivity contribution in [3.8, 4) is 0 Å². The van der Waals surface area contributed by atoms with Crippen LogP contribution in [-0.2, 0) is 6.54 Å². The number of rotatable bonds is 8. The summed E-state index contributed by atoms with van der Waals surface area (Å²) >= 11 is 0. The van der Waals surface area contributed by atoms with Crippen LogP contribution in [0.1, 0.15) is 39.7 Å². The van der Waals surface area contributed by atoms with Crippen molar-refractivity contribution in [2.75, 3.05) is 25.0 Å². The molecule has 0 saturated carbocycles. The average Bonchev–Trinajstić information content (AvgIpc) is 2.35. The van der Waals surface area contributed by atoms with Crippen LogP contribution in [0.2, 0.25) is 0 Å². The van der Waals surface area contributed by atoms with Crippen molar-refractivity contribution >= 4 is 5.69 Å². The molecule has 0 aliphatic heterocycles. The molecule has 0 bridgehead atoms. The minimum Gasteiger partial charge on any atom is -0.374 e. The number of nitrogens with one attached hydrogen (secondary N) is 1. The SMILES string of the molecule is CC(C)CCN(C)c1ccc(F)cc1CNCC(C)C. The van der Waals surface area contributed by atoms with Gasteiger partial charge in [-0.25, -0.2) is 4.39 Å². The standard InChI is InChI=1S/C17H29FN2/c1-13(2)8-9-20(5)17-7-6-16(18)10-15(17)12-19-11-14(3)4/h6-7,10,13-14,19H,8-9,11-12H2,1-5H3. The van der Waals surface area contributed by atoms with Crippen LogP contribution in [0.15, 0.2) is 18.2 Å². The first-order valence-electron chi connectivity index (χ1n) is 7.60. The summed E-state index contributed by atoms with van der Waals surface area (Å²) in [7, 11) is 2.08. The van der Waals surface area contributed by atoms with E-state index >= 15 is 0 Å². The van der Waals surface area contributed by atoms with Crippen LogP contribution in [-0.4, -0.2) is 20.1 Å². The second kappa shape index (κ2) is 8.25. The molecule has 0 amide bonds. The van der Waals surface area contributed by atoms with Crippen molar-refractivity contribution < 1.29 is 4.39 Å². The predicted octanol–water partition coefficient (Wildman–Crippen LogP) is 4.05. The lowest BCUT2D eigenvalue weighted by Gasteiger charge is -2.24. The number of hydrogen-bond donors (Lipinski definition) is 1. The third-order valence-corrected chi connectivity index (χ3v) is 3.36. The molecule has 20 heavy (non-hydrogen) atoms. The molecule has 3 heteroatoms. The van der Waals surface area contributed by atoms with Crippen molar-refractivity contribution in [3.05, 3.63) is 29.6 Å². The molecule has 0 unspecified atom stereocenters. The maximum atomic E-state index is 13.5. The van der Waals surface area contributed by atoms with Crippen molar-refractivity contribution in [3.63, 3.8) is 0 Å². The third kappa shape index (κ3) is 5.91. The number of halogens is 1. The Balaban J connectivity index is 2.73. The zero-order valence-electron chi connectivity index (χ0n) is 13.5. The van der Waals surface area contributed by atoms with Crippen LogP contribution in [0, 0.1) is 17.7 Å². The van der Waals surface area contributed by atoms with E-state index in [1.807, 2.05) is 6.07 Å². The average molecular weight is 280 g/mol. The molecule has 1 aromatic rings. The van der Waals surface area contributed by atoms with E-state index in [2.05, 4.69) is 45.0 Å². The lowest BCUT2D eigenvalue weighted by atomic mass is 10.1. The largest absolute Gasteiger partial charge is 0.374 e.